The Hall–Kier alpha value is -2.67. The number of nitrogens with two attached hydrogens (primary N) is 2. The Bertz CT molecular complexity index is 767. The van der Waals surface area contributed by atoms with Crippen LogP contribution in [0, 0.1) is 0 Å². The molecule has 2 aromatic heterocycles. The van der Waals surface area contributed by atoms with Gasteiger partial charge < -0.3 is 21.1 Å². The summed E-state index contributed by atoms with van der Waals surface area (Å²) in [6, 6.07) is 7.67. The number of fused-ring (bicyclic) bond motifs is 1. The van der Waals surface area contributed by atoms with Crippen LogP contribution in [0.3, 0.4) is 0 Å². The van der Waals surface area contributed by atoms with Gasteiger partial charge in [-0.15, -0.1) is 0 Å². The average molecular weight is 270 g/mol. The molecular weight excluding hydrogens is 256 g/mol. The lowest BCUT2D eigenvalue weighted by Crippen LogP contribution is -2.04. The minimum Gasteiger partial charge on any atom is -0.392 e. The molecule has 0 amide bonds. The number of anilines is 2. The van der Waals surface area contributed by atoms with Crippen molar-refractivity contribution in [2.24, 2.45) is 0 Å². The Kier molecular flexibility index (Phi) is 2.96. The lowest BCUT2D eigenvalue weighted by atomic mass is 10.1. The molecule has 5 N–H and O–H groups in total. The molecule has 0 aliphatic rings. The van der Waals surface area contributed by atoms with E-state index in [0.29, 0.717) is 17.7 Å². The molecule has 0 bridgehead atoms. The van der Waals surface area contributed by atoms with Crippen LogP contribution < -0.4 is 11.5 Å². The van der Waals surface area contributed by atoms with Crippen LogP contribution >= 0.6 is 0 Å². The topological polar surface area (TPSA) is 116 Å². The number of benzene rings is 1. The normalized spacial score (nSPS) is 11.1. The average Bonchev–Trinajstić information content (AvgIpc) is 2.82. The zero-order chi connectivity index (χ0) is 14.1. The number of aliphatic hydroxyl groups excluding tert-OH is 1. The van der Waals surface area contributed by atoms with E-state index < -0.39 is 0 Å². The summed E-state index contributed by atoms with van der Waals surface area (Å²) in [7, 11) is 0. The van der Waals surface area contributed by atoms with E-state index in [1.165, 1.54) is 0 Å². The second-order valence-corrected chi connectivity index (χ2v) is 4.49. The predicted molar refractivity (Wildman–Crippen MR) is 75.6 cm³/mol. The molecule has 0 unspecified atom stereocenters. The van der Waals surface area contributed by atoms with Crippen molar-refractivity contribution in [1.82, 2.24) is 19.5 Å². The van der Waals surface area contributed by atoms with Crippen LogP contribution in [0.5, 0.6) is 0 Å². The maximum Gasteiger partial charge on any atom is 0.224 e. The smallest absolute Gasteiger partial charge is 0.224 e. The molecule has 2 heterocycles. The lowest BCUT2D eigenvalue weighted by molar-refractivity contribution is 0.281. The van der Waals surface area contributed by atoms with E-state index in [0.717, 1.165) is 11.1 Å². The third kappa shape index (κ3) is 2.14. The maximum atomic E-state index is 9.16. The summed E-state index contributed by atoms with van der Waals surface area (Å²) in [6.07, 6.45) is 1.65. The molecule has 0 radical (unpaired) electrons. The third-order valence-corrected chi connectivity index (χ3v) is 3.04. The third-order valence-electron chi connectivity index (χ3n) is 3.04. The van der Waals surface area contributed by atoms with Gasteiger partial charge in [0.15, 0.2) is 11.5 Å². The largest absolute Gasteiger partial charge is 0.392 e. The second-order valence-electron chi connectivity index (χ2n) is 4.49. The minimum absolute atomic E-state index is 0.0145. The van der Waals surface area contributed by atoms with Crippen molar-refractivity contribution in [2.45, 2.75) is 13.2 Å². The Morgan fingerprint density at radius 3 is 2.75 bits per heavy atom. The molecule has 20 heavy (non-hydrogen) atoms. The first-order valence-corrected chi connectivity index (χ1v) is 6.10. The zero-order valence-electron chi connectivity index (χ0n) is 10.7. The minimum atomic E-state index is 0.0145. The van der Waals surface area contributed by atoms with Crippen molar-refractivity contribution in [3.63, 3.8) is 0 Å². The van der Waals surface area contributed by atoms with Crippen molar-refractivity contribution in [3.05, 3.63) is 41.7 Å². The number of nitrogen functional groups attached to an aromatic ring is 2. The molecule has 1 aromatic carbocycles. The fourth-order valence-corrected chi connectivity index (χ4v) is 2.12. The fraction of sp³-hybridized carbons (Fsp3) is 0.154. The summed E-state index contributed by atoms with van der Waals surface area (Å²) in [4.78, 5) is 12.3. The number of imidazole rings is 1. The Labute approximate surface area is 114 Å². The van der Waals surface area contributed by atoms with Crippen molar-refractivity contribution >= 4 is 22.9 Å². The van der Waals surface area contributed by atoms with Gasteiger partial charge >= 0.3 is 0 Å². The van der Waals surface area contributed by atoms with Gasteiger partial charge in [0, 0.05) is 0 Å². The fourth-order valence-electron chi connectivity index (χ4n) is 2.12. The van der Waals surface area contributed by atoms with Gasteiger partial charge in [0.2, 0.25) is 5.95 Å². The van der Waals surface area contributed by atoms with E-state index in [2.05, 4.69) is 15.0 Å². The van der Waals surface area contributed by atoms with E-state index in [1.807, 2.05) is 28.8 Å². The SMILES string of the molecule is Nc1nc(N)c2ncn(Cc3cccc(CO)c3)c2n1. The number of aliphatic hydroxyl groups is 1. The summed E-state index contributed by atoms with van der Waals surface area (Å²) in [6.45, 7) is 0.584. The van der Waals surface area contributed by atoms with Crippen molar-refractivity contribution in [2.75, 3.05) is 11.5 Å². The molecule has 0 saturated carbocycles. The quantitative estimate of drug-likeness (QED) is 0.639. The molecule has 0 spiro atoms. The molecule has 0 atom stereocenters. The maximum absolute atomic E-state index is 9.16. The van der Waals surface area contributed by atoms with Crippen LogP contribution in [0.2, 0.25) is 0 Å². The van der Waals surface area contributed by atoms with Gasteiger partial charge in [-0.05, 0) is 11.1 Å². The van der Waals surface area contributed by atoms with Crippen LogP contribution in [0.1, 0.15) is 11.1 Å². The van der Waals surface area contributed by atoms with E-state index in [1.54, 1.807) is 6.33 Å². The molecule has 3 aromatic rings. The summed E-state index contributed by atoms with van der Waals surface area (Å²) in [5.74, 6) is 0.399. The van der Waals surface area contributed by atoms with Crippen molar-refractivity contribution < 1.29 is 5.11 Å². The van der Waals surface area contributed by atoms with E-state index in [-0.39, 0.29) is 18.4 Å². The summed E-state index contributed by atoms with van der Waals surface area (Å²) >= 11 is 0. The van der Waals surface area contributed by atoms with Gasteiger partial charge in [0.05, 0.1) is 19.5 Å². The van der Waals surface area contributed by atoms with Crippen molar-refractivity contribution in [1.29, 1.82) is 0 Å². The molecule has 0 aliphatic heterocycles. The van der Waals surface area contributed by atoms with Crippen LogP contribution in [0.4, 0.5) is 11.8 Å². The summed E-state index contributed by atoms with van der Waals surface area (Å²) in [5.41, 5.74) is 14.4. The first-order valence-electron chi connectivity index (χ1n) is 6.10. The van der Waals surface area contributed by atoms with Crippen molar-refractivity contribution in [3.8, 4) is 0 Å². The molecule has 0 aliphatic carbocycles. The van der Waals surface area contributed by atoms with Gasteiger partial charge in [-0.25, -0.2) is 4.98 Å². The second kappa shape index (κ2) is 4.78. The number of rotatable bonds is 3. The Balaban J connectivity index is 2.02. The van der Waals surface area contributed by atoms with E-state index >= 15 is 0 Å². The van der Waals surface area contributed by atoms with Crippen LogP contribution in [-0.2, 0) is 13.2 Å². The first kappa shape index (κ1) is 12.4. The molecular formula is C13H14N6O. The summed E-state index contributed by atoms with van der Waals surface area (Å²) in [5, 5.41) is 9.16. The molecule has 7 heteroatoms. The van der Waals surface area contributed by atoms with Gasteiger partial charge in [0.1, 0.15) is 5.52 Å². The van der Waals surface area contributed by atoms with Crippen LogP contribution in [0.15, 0.2) is 30.6 Å². The highest BCUT2D eigenvalue weighted by Gasteiger charge is 2.10. The number of nitrogens with zero attached hydrogens (tertiary/aromatic N) is 4. The van der Waals surface area contributed by atoms with Gasteiger partial charge in [-0.2, -0.15) is 9.97 Å². The molecule has 0 fully saturated rings. The monoisotopic (exact) mass is 270 g/mol. The number of aromatic nitrogens is 4. The Morgan fingerprint density at radius 1 is 1.15 bits per heavy atom. The Morgan fingerprint density at radius 2 is 1.95 bits per heavy atom. The predicted octanol–water partition coefficient (Wildman–Crippen LogP) is 0.531. The van der Waals surface area contributed by atoms with Crippen LogP contribution in [0.25, 0.3) is 11.2 Å². The van der Waals surface area contributed by atoms with Gasteiger partial charge in [-0.1, -0.05) is 24.3 Å². The molecule has 102 valence electrons. The first-order chi connectivity index (χ1) is 9.67. The lowest BCUT2D eigenvalue weighted by Gasteiger charge is -2.06. The highest BCUT2D eigenvalue weighted by molar-refractivity contribution is 5.82. The van der Waals surface area contributed by atoms with Gasteiger partial charge in [-0.3, -0.25) is 0 Å². The number of hydrogen-bond acceptors (Lipinski definition) is 6. The van der Waals surface area contributed by atoms with Crippen LogP contribution in [-0.4, -0.2) is 24.6 Å². The highest BCUT2D eigenvalue weighted by atomic mass is 16.3. The van der Waals surface area contributed by atoms with E-state index in [9.17, 15) is 0 Å². The standard InChI is InChI=1S/C13H14N6O/c14-11-10-12(18-13(15)17-11)19(7-16-10)5-8-2-1-3-9(4-8)6-20/h1-4,7,20H,5-6H2,(H4,14,15,17,18). The zero-order valence-corrected chi connectivity index (χ0v) is 10.7. The number of hydrogen-bond donors (Lipinski definition) is 3. The molecule has 7 nitrogen and oxygen atoms in total. The highest BCUT2D eigenvalue weighted by Crippen LogP contribution is 2.18. The van der Waals surface area contributed by atoms with E-state index in [4.69, 9.17) is 16.6 Å². The molecule has 3 rings (SSSR count). The van der Waals surface area contributed by atoms with Gasteiger partial charge in [0.25, 0.3) is 0 Å². The molecule has 0 saturated heterocycles. The summed E-state index contributed by atoms with van der Waals surface area (Å²) < 4.78 is 1.85.